The second-order valence-corrected chi connectivity index (χ2v) is 16.8. The van der Waals surface area contributed by atoms with Crippen molar-refractivity contribution in [3.05, 3.63) is 120 Å². The molecule has 2 aliphatic heterocycles. The van der Waals surface area contributed by atoms with E-state index in [2.05, 4.69) is 62.4 Å². The molecule has 2 aromatic carbocycles. The quantitative estimate of drug-likeness (QED) is 0.0973. The zero-order chi connectivity index (χ0) is 43.3. The van der Waals surface area contributed by atoms with Crippen molar-refractivity contribution in [1.82, 2.24) is 38.9 Å². The molecule has 0 aliphatic carbocycles. The third-order valence-corrected chi connectivity index (χ3v) is 12.3. The second kappa shape index (κ2) is 22.0. The number of aryl methyl sites for hydroxylation is 2. The van der Waals surface area contributed by atoms with Crippen LogP contribution in [-0.4, -0.2) is 104 Å². The molecule has 328 valence electrons. The molecule has 2 N–H and O–H groups in total. The van der Waals surface area contributed by atoms with Gasteiger partial charge in [-0.25, -0.2) is 9.97 Å². The van der Waals surface area contributed by atoms with Crippen LogP contribution in [0.25, 0.3) is 22.1 Å². The molecule has 13 nitrogen and oxygen atoms in total. The summed E-state index contributed by atoms with van der Waals surface area (Å²) in [7, 11) is 3.47. The van der Waals surface area contributed by atoms with Gasteiger partial charge in [0.05, 0.1) is 22.1 Å². The number of aromatic nitrogens is 6. The largest absolute Gasteiger partial charge is 0.385 e. The molecule has 2 saturated heterocycles. The Bertz CT molecular complexity index is 2170. The minimum atomic E-state index is -0.333. The number of para-hydroxylation sites is 4. The maximum Gasteiger partial charge on any atom is 0.224 e. The van der Waals surface area contributed by atoms with Crippen LogP contribution in [-0.2, 0) is 32.2 Å². The Morgan fingerprint density at radius 2 is 1.16 bits per heavy atom. The number of hydrogen-bond donors (Lipinski definition) is 1. The standard InChI is InChI=1S/C25H32N4O2.C24H31N5O2/c1-19(20-8-5-12-26-17-20)16-24(30)28-13-6-9-21(18-28)25-27-22-10-3-4-11-23(22)29(25)14-7-15-31-2;1-31-14-6-13-29-22-10-3-2-9-21(22)27-24(29)19-8-5-12-28(17-19)23(30)15-20(25)18-7-4-11-26-16-18/h3-5,8,10-12,17,19,21H,6-7,9,13-16,18H2,1-2H3;2-4,7,9-11,16,19-20H,5-6,8,12-15,17,25H2,1H3/t19-,21+;19-,20+/m01/s1. The molecule has 62 heavy (non-hydrogen) atoms. The van der Waals surface area contributed by atoms with Crippen LogP contribution in [0.3, 0.4) is 0 Å². The first-order valence-corrected chi connectivity index (χ1v) is 22.3. The molecule has 0 unspecified atom stereocenters. The van der Waals surface area contributed by atoms with Gasteiger partial charge in [-0.15, -0.1) is 0 Å². The fourth-order valence-electron chi connectivity index (χ4n) is 9.05. The Balaban J connectivity index is 0.000000186. The Hall–Kier alpha value is -5.50. The first kappa shape index (κ1) is 44.6. The van der Waals surface area contributed by atoms with Gasteiger partial charge in [-0.3, -0.25) is 19.6 Å². The van der Waals surface area contributed by atoms with Gasteiger partial charge in [0.15, 0.2) is 0 Å². The molecule has 2 amide bonds. The van der Waals surface area contributed by atoms with Crippen LogP contribution in [0.1, 0.15) is 105 Å². The number of likely N-dealkylation sites (tertiary alicyclic amines) is 2. The van der Waals surface area contributed by atoms with E-state index in [0.717, 1.165) is 117 Å². The van der Waals surface area contributed by atoms with E-state index < -0.39 is 0 Å². The van der Waals surface area contributed by atoms with Crippen LogP contribution >= 0.6 is 0 Å². The van der Waals surface area contributed by atoms with E-state index in [9.17, 15) is 9.59 Å². The van der Waals surface area contributed by atoms with Gasteiger partial charge >= 0.3 is 0 Å². The Morgan fingerprint density at radius 1 is 0.677 bits per heavy atom. The molecule has 6 aromatic rings. The number of carbonyl (C=O) groups excluding carboxylic acids is 2. The molecular weight excluding hydrogens is 779 g/mol. The SMILES string of the molecule is COCCCn1c([C@@H]2CCCN(C(=O)C[C@H](C)c3cccnc3)C2)nc2ccccc21.COCCCn1c([C@@H]2CCCN(C(=O)C[C@H](N)c3cccnc3)C2)nc2ccccc21. The molecule has 2 fully saturated rings. The molecule has 13 heteroatoms. The van der Waals surface area contributed by atoms with E-state index in [1.54, 1.807) is 32.8 Å². The molecular formula is C49H63N9O4. The first-order chi connectivity index (χ1) is 30.3. The number of fused-ring (bicyclic) bond motifs is 2. The molecule has 0 bridgehead atoms. The predicted molar refractivity (Wildman–Crippen MR) is 243 cm³/mol. The number of pyridine rings is 2. The number of piperidine rings is 2. The van der Waals surface area contributed by atoms with Gasteiger partial charge in [0.25, 0.3) is 0 Å². The number of methoxy groups -OCH3 is 2. The summed E-state index contributed by atoms with van der Waals surface area (Å²) in [6.45, 7) is 8.33. The third-order valence-electron chi connectivity index (χ3n) is 12.3. The van der Waals surface area contributed by atoms with Crippen LogP contribution in [0.2, 0.25) is 0 Å². The highest BCUT2D eigenvalue weighted by Crippen LogP contribution is 2.32. The summed E-state index contributed by atoms with van der Waals surface area (Å²) >= 11 is 0. The maximum absolute atomic E-state index is 13.1. The van der Waals surface area contributed by atoms with E-state index in [1.165, 1.54) is 5.52 Å². The zero-order valence-electron chi connectivity index (χ0n) is 36.6. The minimum Gasteiger partial charge on any atom is -0.385 e. The number of nitrogens with zero attached hydrogens (tertiary/aromatic N) is 8. The number of benzene rings is 2. The molecule has 2 aliphatic rings. The van der Waals surface area contributed by atoms with Gasteiger partial charge in [0.2, 0.25) is 11.8 Å². The molecule has 0 radical (unpaired) electrons. The summed E-state index contributed by atoms with van der Waals surface area (Å²) in [6.07, 6.45) is 13.9. The zero-order valence-corrected chi connectivity index (χ0v) is 36.6. The van der Waals surface area contributed by atoms with Gasteiger partial charge < -0.3 is 34.1 Å². The monoisotopic (exact) mass is 842 g/mol. The van der Waals surface area contributed by atoms with Gasteiger partial charge in [-0.2, -0.15) is 0 Å². The number of carbonyl (C=O) groups is 2. The molecule has 0 saturated carbocycles. The van der Waals surface area contributed by atoms with E-state index in [-0.39, 0.29) is 35.6 Å². The van der Waals surface area contributed by atoms with Crippen molar-refractivity contribution >= 4 is 33.9 Å². The van der Waals surface area contributed by atoms with Crippen LogP contribution in [0.15, 0.2) is 97.6 Å². The van der Waals surface area contributed by atoms with Crippen molar-refractivity contribution in [2.24, 2.45) is 5.73 Å². The topological polar surface area (TPSA) is 147 Å². The fourth-order valence-corrected chi connectivity index (χ4v) is 9.05. The average molecular weight is 842 g/mol. The summed E-state index contributed by atoms with van der Waals surface area (Å²) in [4.78, 5) is 48.4. The van der Waals surface area contributed by atoms with Crippen molar-refractivity contribution < 1.29 is 19.1 Å². The lowest BCUT2D eigenvalue weighted by atomic mass is 9.94. The summed E-state index contributed by atoms with van der Waals surface area (Å²) in [6, 6.07) is 24.0. The van der Waals surface area contributed by atoms with Crippen LogP contribution in [0.5, 0.6) is 0 Å². The summed E-state index contributed by atoms with van der Waals surface area (Å²) in [5, 5.41) is 0. The normalized spacial score (nSPS) is 17.7. The number of amides is 2. The summed E-state index contributed by atoms with van der Waals surface area (Å²) in [5.74, 6) is 3.16. The van der Waals surface area contributed by atoms with Crippen molar-refractivity contribution in [3.63, 3.8) is 0 Å². The number of hydrogen-bond acceptors (Lipinski definition) is 9. The number of imidazole rings is 2. The average Bonchev–Trinajstić information content (AvgIpc) is 3.88. The number of nitrogens with two attached hydrogens (primary N) is 1. The smallest absolute Gasteiger partial charge is 0.224 e. The number of ether oxygens (including phenoxy) is 2. The van der Waals surface area contributed by atoms with Crippen LogP contribution in [0.4, 0.5) is 0 Å². The first-order valence-electron chi connectivity index (χ1n) is 22.3. The van der Waals surface area contributed by atoms with Crippen molar-refractivity contribution in [1.29, 1.82) is 0 Å². The fraction of sp³-hybridized carbons (Fsp3) is 0.469. The predicted octanol–water partition coefficient (Wildman–Crippen LogP) is 7.63. The van der Waals surface area contributed by atoms with Gasteiger partial charge in [-0.1, -0.05) is 43.3 Å². The molecule has 8 rings (SSSR count). The second-order valence-electron chi connectivity index (χ2n) is 16.8. The van der Waals surface area contributed by atoms with Crippen LogP contribution in [0, 0.1) is 0 Å². The third kappa shape index (κ3) is 11.1. The lowest BCUT2D eigenvalue weighted by molar-refractivity contribution is -0.133. The Kier molecular flexibility index (Phi) is 15.8. The van der Waals surface area contributed by atoms with Gasteiger partial charge in [0, 0.05) is 122 Å². The highest BCUT2D eigenvalue weighted by molar-refractivity contribution is 5.79. The Labute approximate surface area is 365 Å². The lowest BCUT2D eigenvalue weighted by Crippen LogP contribution is -2.40. The van der Waals surface area contributed by atoms with Gasteiger partial charge in [0.1, 0.15) is 11.6 Å². The van der Waals surface area contributed by atoms with Crippen molar-refractivity contribution in [2.75, 3.05) is 53.6 Å². The maximum atomic E-state index is 13.1. The van der Waals surface area contributed by atoms with E-state index in [0.29, 0.717) is 26.0 Å². The molecule has 4 atom stereocenters. The number of rotatable bonds is 16. The Morgan fingerprint density at radius 3 is 1.65 bits per heavy atom. The highest BCUT2D eigenvalue weighted by atomic mass is 16.5. The van der Waals surface area contributed by atoms with Crippen molar-refractivity contribution in [2.45, 2.75) is 95.2 Å². The molecule has 4 aromatic heterocycles. The van der Waals surface area contributed by atoms with Crippen LogP contribution < -0.4 is 5.73 Å². The molecule has 6 heterocycles. The lowest BCUT2D eigenvalue weighted by Gasteiger charge is -2.33. The van der Waals surface area contributed by atoms with Crippen molar-refractivity contribution in [3.8, 4) is 0 Å². The van der Waals surface area contributed by atoms with E-state index >= 15 is 0 Å². The minimum absolute atomic E-state index is 0.100. The summed E-state index contributed by atoms with van der Waals surface area (Å²) < 4.78 is 15.2. The summed E-state index contributed by atoms with van der Waals surface area (Å²) in [5.41, 5.74) is 12.6. The van der Waals surface area contributed by atoms with Gasteiger partial charge in [-0.05, 0) is 92.0 Å². The highest BCUT2D eigenvalue weighted by Gasteiger charge is 2.31. The van der Waals surface area contributed by atoms with E-state index in [1.807, 2.05) is 52.4 Å². The van der Waals surface area contributed by atoms with E-state index in [4.69, 9.17) is 25.2 Å². The molecule has 0 spiro atoms.